The zero-order valence-corrected chi connectivity index (χ0v) is 18.3. The van der Waals surface area contributed by atoms with Gasteiger partial charge in [-0.2, -0.15) is 0 Å². The number of rotatable bonds is 6. The number of benzene rings is 1. The van der Waals surface area contributed by atoms with Crippen LogP contribution in [-0.4, -0.2) is 46.4 Å². The Morgan fingerprint density at radius 2 is 1.94 bits per heavy atom. The number of anilines is 2. The Bertz CT molecular complexity index is 1380. The maximum Gasteiger partial charge on any atom is 0.277 e. The van der Waals surface area contributed by atoms with Crippen LogP contribution < -0.4 is 10.6 Å². The van der Waals surface area contributed by atoms with E-state index in [0.29, 0.717) is 26.2 Å². The Kier molecular flexibility index (Phi) is 5.71. The molecule has 1 aromatic carbocycles. The molecule has 0 unspecified atom stereocenters. The highest BCUT2D eigenvalue weighted by molar-refractivity contribution is 7.90. The SMILES string of the molecule is CS(=O)(=O)c1ccc2nc(NC(=O)Cc3csc(NC(=O)c4cnccn4)n3)sc2c1. The van der Waals surface area contributed by atoms with Crippen LogP contribution in [0.3, 0.4) is 0 Å². The van der Waals surface area contributed by atoms with Crippen molar-refractivity contribution < 1.29 is 18.0 Å². The molecule has 31 heavy (non-hydrogen) atoms. The van der Waals surface area contributed by atoms with Gasteiger partial charge in [0.2, 0.25) is 5.91 Å². The average molecular weight is 475 g/mol. The van der Waals surface area contributed by atoms with Crippen LogP contribution in [0.1, 0.15) is 16.2 Å². The third-order valence-electron chi connectivity index (χ3n) is 3.94. The van der Waals surface area contributed by atoms with Crippen molar-refractivity contribution in [3.05, 3.63) is 53.6 Å². The number of carbonyl (C=O) groups is 2. The van der Waals surface area contributed by atoms with Gasteiger partial charge in [0, 0.05) is 24.0 Å². The fourth-order valence-electron chi connectivity index (χ4n) is 2.54. The first-order valence-corrected chi connectivity index (χ1v) is 12.3. The Balaban J connectivity index is 1.39. The second-order valence-corrected chi connectivity index (χ2v) is 10.2. The Morgan fingerprint density at radius 1 is 1.10 bits per heavy atom. The van der Waals surface area contributed by atoms with Gasteiger partial charge in [-0.3, -0.25) is 19.9 Å². The van der Waals surface area contributed by atoms with Gasteiger partial charge in [0.05, 0.1) is 33.4 Å². The predicted octanol–water partition coefficient (Wildman–Crippen LogP) is 2.38. The third-order valence-corrected chi connectivity index (χ3v) is 6.79. The lowest BCUT2D eigenvalue weighted by Gasteiger charge is -2.00. The molecule has 158 valence electrons. The number of nitrogens with zero attached hydrogens (tertiary/aromatic N) is 4. The van der Waals surface area contributed by atoms with E-state index in [9.17, 15) is 18.0 Å². The minimum Gasteiger partial charge on any atom is -0.302 e. The van der Waals surface area contributed by atoms with E-state index in [4.69, 9.17) is 0 Å². The largest absolute Gasteiger partial charge is 0.302 e. The van der Waals surface area contributed by atoms with Crippen molar-refractivity contribution in [2.75, 3.05) is 16.9 Å². The van der Waals surface area contributed by atoms with Crippen molar-refractivity contribution in [2.24, 2.45) is 0 Å². The van der Waals surface area contributed by atoms with Gasteiger partial charge in [0.1, 0.15) is 5.69 Å². The van der Waals surface area contributed by atoms with Crippen LogP contribution in [0.2, 0.25) is 0 Å². The lowest BCUT2D eigenvalue weighted by molar-refractivity contribution is -0.115. The summed E-state index contributed by atoms with van der Waals surface area (Å²) in [4.78, 5) is 40.9. The minimum atomic E-state index is -3.33. The molecule has 4 aromatic rings. The van der Waals surface area contributed by atoms with Crippen LogP contribution in [0.25, 0.3) is 10.2 Å². The van der Waals surface area contributed by atoms with Gasteiger partial charge in [-0.25, -0.2) is 23.4 Å². The molecular formula is C18H14N6O4S3. The van der Waals surface area contributed by atoms with Crippen LogP contribution in [0.5, 0.6) is 0 Å². The molecule has 3 aromatic heterocycles. The summed E-state index contributed by atoms with van der Waals surface area (Å²) >= 11 is 2.37. The second-order valence-electron chi connectivity index (χ2n) is 6.33. The van der Waals surface area contributed by atoms with E-state index >= 15 is 0 Å². The Morgan fingerprint density at radius 3 is 2.68 bits per heavy atom. The van der Waals surface area contributed by atoms with Crippen molar-refractivity contribution in [1.29, 1.82) is 0 Å². The molecular weight excluding hydrogens is 460 g/mol. The number of fused-ring (bicyclic) bond motifs is 1. The topological polar surface area (TPSA) is 144 Å². The fourth-order valence-corrected chi connectivity index (χ4v) is 4.89. The number of thiazole rings is 2. The van der Waals surface area contributed by atoms with Gasteiger partial charge in [0.15, 0.2) is 20.1 Å². The van der Waals surface area contributed by atoms with E-state index < -0.39 is 15.7 Å². The third kappa shape index (κ3) is 5.07. The summed E-state index contributed by atoms with van der Waals surface area (Å²) < 4.78 is 24.0. The molecule has 0 bridgehead atoms. The first kappa shape index (κ1) is 21.0. The summed E-state index contributed by atoms with van der Waals surface area (Å²) in [7, 11) is -3.33. The molecule has 0 radical (unpaired) electrons. The van der Waals surface area contributed by atoms with Gasteiger partial charge >= 0.3 is 0 Å². The molecule has 0 saturated heterocycles. The molecule has 0 fully saturated rings. The number of hydrogen-bond acceptors (Lipinski definition) is 10. The second kappa shape index (κ2) is 8.45. The van der Waals surface area contributed by atoms with Gasteiger partial charge in [-0.05, 0) is 18.2 Å². The molecule has 0 aliphatic heterocycles. The summed E-state index contributed by atoms with van der Waals surface area (Å²) in [5, 5.41) is 7.67. The van der Waals surface area contributed by atoms with Crippen LogP contribution >= 0.6 is 22.7 Å². The van der Waals surface area contributed by atoms with E-state index in [-0.39, 0.29) is 22.9 Å². The number of carbonyl (C=O) groups excluding carboxylic acids is 2. The highest BCUT2D eigenvalue weighted by Gasteiger charge is 2.15. The molecule has 4 rings (SSSR count). The molecule has 2 N–H and O–H groups in total. The van der Waals surface area contributed by atoms with E-state index in [1.165, 1.54) is 53.4 Å². The maximum absolute atomic E-state index is 12.4. The van der Waals surface area contributed by atoms with Gasteiger partial charge < -0.3 is 5.32 Å². The van der Waals surface area contributed by atoms with Crippen LogP contribution in [0.4, 0.5) is 10.3 Å². The Labute approximate surface area is 184 Å². The Hall–Kier alpha value is -3.29. The van der Waals surface area contributed by atoms with E-state index in [1.54, 1.807) is 11.4 Å². The predicted molar refractivity (Wildman–Crippen MR) is 117 cm³/mol. The lowest BCUT2D eigenvalue weighted by atomic mass is 10.3. The van der Waals surface area contributed by atoms with E-state index in [1.807, 2.05) is 0 Å². The number of hydrogen-bond donors (Lipinski definition) is 2. The van der Waals surface area contributed by atoms with Crippen molar-refractivity contribution >= 4 is 64.8 Å². The summed E-state index contributed by atoms with van der Waals surface area (Å²) in [6.45, 7) is 0. The highest BCUT2D eigenvalue weighted by atomic mass is 32.2. The maximum atomic E-state index is 12.4. The summed E-state index contributed by atoms with van der Waals surface area (Å²) in [5.41, 5.74) is 1.24. The van der Waals surface area contributed by atoms with Crippen LogP contribution in [-0.2, 0) is 21.1 Å². The summed E-state index contributed by atoms with van der Waals surface area (Å²) in [6, 6.07) is 4.62. The zero-order chi connectivity index (χ0) is 22.0. The van der Waals surface area contributed by atoms with Crippen LogP contribution in [0, 0.1) is 0 Å². The molecule has 13 heteroatoms. The first-order chi connectivity index (χ1) is 14.8. The molecule has 0 aliphatic carbocycles. The van der Waals surface area contributed by atoms with Gasteiger partial charge in [0.25, 0.3) is 5.91 Å². The summed E-state index contributed by atoms with van der Waals surface area (Å²) in [5.74, 6) is -0.777. The van der Waals surface area contributed by atoms with Crippen molar-refractivity contribution in [2.45, 2.75) is 11.3 Å². The van der Waals surface area contributed by atoms with Crippen LogP contribution in [0.15, 0.2) is 47.1 Å². The molecule has 0 aliphatic rings. The van der Waals surface area contributed by atoms with Gasteiger partial charge in [-0.1, -0.05) is 11.3 Å². The average Bonchev–Trinajstić information content (AvgIpc) is 3.33. The fraction of sp³-hybridized carbons (Fsp3) is 0.111. The highest BCUT2D eigenvalue weighted by Crippen LogP contribution is 2.28. The quantitative estimate of drug-likeness (QED) is 0.433. The molecule has 10 nitrogen and oxygen atoms in total. The zero-order valence-electron chi connectivity index (χ0n) is 15.9. The molecule has 3 heterocycles. The van der Waals surface area contributed by atoms with Crippen molar-refractivity contribution in [1.82, 2.24) is 19.9 Å². The monoisotopic (exact) mass is 474 g/mol. The smallest absolute Gasteiger partial charge is 0.277 e. The number of nitrogens with one attached hydrogen (secondary N) is 2. The van der Waals surface area contributed by atoms with E-state index in [0.717, 1.165) is 6.26 Å². The molecule has 2 amide bonds. The minimum absolute atomic E-state index is 0.0119. The number of amides is 2. The standard InChI is InChI=1S/C18H14N6O4S3/c1-31(27,28)11-2-3-12-14(7-11)30-18(22-12)23-15(25)6-10-9-29-17(21-10)24-16(26)13-8-19-4-5-20-13/h2-5,7-9H,6H2,1H3,(H,21,24,26)(H,22,23,25). The number of aromatic nitrogens is 4. The number of sulfone groups is 1. The molecule has 0 saturated carbocycles. The van der Waals surface area contributed by atoms with Crippen molar-refractivity contribution in [3.63, 3.8) is 0 Å². The summed E-state index contributed by atoms with van der Waals surface area (Å²) in [6.07, 6.45) is 5.34. The molecule has 0 atom stereocenters. The van der Waals surface area contributed by atoms with Gasteiger partial charge in [-0.15, -0.1) is 11.3 Å². The normalized spacial score (nSPS) is 11.4. The molecule has 0 spiro atoms. The van der Waals surface area contributed by atoms with Crippen molar-refractivity contribution in [3.8, 4) is 0 Å². The first-order valence-electron chi connectivity index (χ1n) is 8.70. The van der Waals surface area contributed by atoms with E-state index in [2.05, 4.69) is 30.6 Å². The lowest BCUT2D eigenvalue weighted by Crippen LogP contribution is -2.15.